The van der Waals surface area contributed by atoms with Gasteiger partial charge in [-0.2, -0.15) is 0 Å². The molecule has 0 bridgehead atoms. The Hall–Kier alpha value is -1.15. The summed E-state index contributed by atoms with van der Waals surface area (Å²) in [6, 6.07) is 5.10. The lowest BCUT2D eigenvalue weighted by Crippen LogP contribution is -2.36. The van der Waals surface area contributed by atoms with Gasteiger partial charge in [0.15, 0.2) is 0 Å². The molecule has 0 aromatic heterocycles. The van der Waals surface area contributed by atoms with Crippen molar-refractivity contribution in [2.75, 3.05) is 31.1 Å². The van der Waals surface area contributed by atoms with Crippen LogP contribution in [0.25, 0.3) is 0 Å². The Bertz CT molecular complexity index is 763. The molecule has 1 amide bonds. The second kappa shape index (κ2) is 9.37. The van der Waals surface area contributed by atoms with Crippen LogP contribution in [0.4, 0.5) is 5.69 Å². The van der Waals surface area contributed by atoms with Gasteiger partial charge in [0, 0.05) is 25.2 Å². The number of halogens is 1. The summed E-state index contributed by atoms with van der Waals surface area (Å²) in [5, 5.41) is 3.41. The van der Waals surface area contributed by atoms with Gasteiger partial charge >= 0.3 is 0 Å². The summed E-state index contributed by atoms with van der Waals surface area (Å²) in [4.78, 5) is 14.9. The van der Waals surface area contributed by atoms with Crippen LogP contribution >= 0.6 is 12.4 Å². The van der Waals surface area contributed by atoms with Crippen LogP contribution in [0.5, 0.6) is 0 Å². The first-order valence-electron chi connectivity index (χ1n) is 9.56. The van der Waals surface area contributed by atoms with Crippen molar-refractivity contribution in [1.82, 2.24) is 10.0 Å². The van der Waals surface area contributed by atoms with Crippen LogP contribution in [-0.4, -0.2) is 40.5 Å². The van der Waals surface area contributed by atoms with E-state index in [0.29, 0.717) is 31.3 Å². The highest BCUT2D eigenvalue weighted by atomic mass is 35.5. The fourth-order valence-electron chi connectivity index (χ4n) is 3.98. The number of carbonyl (C=O) groups is 1. The van der Waals surface area contributed by atoms with Crippen molar-refractivity contribution in [2.45, 2.75) is 44.4 Å². The minimum atomic E-state index is -3.52. The monoisotopic (exact) mass is 415 g/mol. The molecule has 0 aliphatic carbocycles. The molecular formula is C19H30ClN3O3S. The molecule has 3 rings (SSSR count). The van der Waals surface area contributed by atoms with E-state index in [1.165, 1.54) is 12.8 Å². The molecule has 0 spiro atoms. The molecule has 1 saturated heterocycles. The van der Waals surface area contributed by atoms with E-state index in [2.05, 4.69) is 17.0 Å². The molecule has 8 heteroatoms. The standard InChI is InChI=1S/C19H29N3O3S.ClH/c1-3-21-26(24,25)17-7-6-15-8-10-22(18(15)12-17)19(23)11-14(2)16-5-4-9-20-13-16;/h6-7,12,14,16,20-21H,3-5,8-11,13H2,1-2H3;1H. The van der Waals surface area contributed by atoms with Gasteiger partial charge in [0.2, 0.25) is 15.9 Å². The number of amides is 1. The molecule has 1 fully saturated rings. The van der Waals surface area contributed by atoms with E-state index in [1.807, 2.05) is 6.07 Å². The maximum Gasteiger partial charge on any atom is 0.240 e. The average Bonchev–Trinajstić information content (AvgIpc) is 3.05. The Morgan fingerprint density at radius 3 is 2.85 bits per heavy atom. The SMILES string of the molecule is CCNS(=O)(=O)c1ccc2c(c1)N(C(=O)CC(C)C1CCCNC1)CC2.Cl. The highest BCUT2D eigenvalue weighted by molar-refractivity contribution is 7.89. The van der Waals surface area contributed by atoms with E-state index in [1.54, 1.807) is 24.0 Å². The zero-order valence-corrected chi connectivity index (χ0v) is 17.7. The second-order valence-electron chi connectivity index (χ2n) is 7.38. The van der Waals surface area contributed by atoms with Crippen molar-refractivity contribution < 1.29 is 13.2 Å². The Kier molecular flexibility index (Phi) is 7.68. The first kappa shape index (κ1) is 22.1. The van der Waals surface area contributed by atoms with Gasteiger partial charge in [0.25, 0.3) is 0 Å². The molecule has 2 unspecified atom stereocenters. The van der Waals surface area contributed by atoms with Gasteiger partial charge in [0.05, 0.1) is 4.90 Å². The van der Waals surface area contributed by atoms with Crippen LogP contribution in [0, 0.1) is 11.8 Å². The van der Waals surface area contributed by atoms with Gasteiger partial charge in [-0.1, -0.05) is 19.9 Å². The van der Waals surface area contributed by atoms with Crippen molar-refractivity contribution in [2.24, 2.45) is 11.8 Å². The number of sulfonamides is 1. The van der Waals surface area contributed by atoms with Gasteiger partial charge in [-0.3, -0.25) is 4.79 Å². The van der Waals surface area contributed by atoms with Gasteiger partial charge < -0.3 is 10.2 Å². The maximum atomic E-state index is 12.9. The fourth-order valence-corrected chi connectivity index (χ4v) is 5.04. The van der Waals surface area contributed by atoms with E-state index in [4.69, 9.17) is 0 Å². The highest BCUT2D eigenvalue weighted by Crippen LogP contribution is 2.32. The van der Waals surface area contributed by atoms with Crippen molar-refractivity contribution in [3.63, 3.8) is 0 Å². The molecule has 1 aromatic carbocycles. The topological polar surface area (TPSA) is 78.5 Å². The largest absolute Gasteiger partial charge is 0.316 e. The number of piperidine rings is 1. The number of benzene rings is 1. The lowest BCUT2D eigenvalue weighted by molar-refractivity contribution is -0.119. The van der Waals surface area contributed by atoms with Crippen LogP contribution in [0.3, 0.4) is 0 Å². The molecule has 152 valence electrons. The van der Waals surface area contributed by atoms with Crippen molar-refractivity contribution in [3.05, 3.63) is 23.8 Å². The Labute approximate surface area is 168 Å². The smallest absolute Gasteiger partial charge is 0.240 e. The minimum Gasteiger partial charge on any atom is -0.316 e. The predicted octanol–water partition coefficient (Wildman–Crippen LogP) is 2.32. The minimum absolute atomic E-state index is 0. The predicted molar refractivity (Wildman–Crippen MR) is 110 cm³/mol. The van der Waals surface area contributed by atoms with Crippen molar-refractivity contribution in [3.8, 4) is 0 Å². The molecule has 0 saturated carbocycles. The first-order chi connectivity index (χ1) is 12.4. The summed E-state index contributed by atoms with van der Waals surface area (Å²) in [5.74, 6) is 0.961. The molecule has 2 heterocycles. The van der Waals surface area contributed by atoms with Gasteiger partial charge in [0.1, 0.15) is 0 Å². The number of carbonyl (C=O) groups excluding carboxylic acids is 1. The maximum absolute atomic E-state index is 12.9. The molecule has 2 aliphatic rings. The van der Waals surface area contributed by atoms with Crippen LogP contribution in [-0.2, 0) is 21.2 Å². The second-order valence-corrected chi connectivity index (χ2v) is 9.14. The summed E-state index contributed by atoms with van der Waals surface area (Å²) in [7, 11) is -3.52. The number of rotatable bonds is 6. The Morgan fingerprint density at radius 1 is 1.41 bits per heavy atom. The molecule has 6 nitrogen and oxygen atoms in total. The summed E-state index contributed by atoms with van der Waals surface area (Å²) < 4.78 is 27.1. The lowest BCUT2D eigenvalue weighted by Gasteiger charge is -2.29. The van der Waals surface area contributed by atoms with Crippen LogP contribution < -0.4 is 14.9 Å². The molecule has 2 atom stereocenters. The Morgan fingerprint density at radius 2 is 2.19 bits per heavy atom. The number of nitrogens with zero attached hydrogens (tertiary/aromatic N) is 1. The van der Waals surface area contributed by atoms with Crippen molar-refractivity contribution >= 4 is 34.0 Å². The average molecular weight is 416 g/mol. The molecule has 2 aliphatic heterocycles. The number of hydrogen-bond donors (Lipinski definition) is 2. The molecule has 1 aromatic rings. The van der Waals surface area contributed by atoms with Gasteiger partial charge in [-0.05, 0) is 61.9 Å². The molecule has 0 radical (unpaired) electrons. The van der Waals surface area contributed by atoms with Crippen LogP contribution in [0.1, 0.15) is 38.7 Å². The van der Waals surface area contributed by atoms with Crippen molar-refractivity contribution in [1.29, 1.82) is 0 Å². The molecule has 2 N–H and O–H groups in total. The van der Waals surface area contributed by atoms with Crippen LogP contribution in [0.15, 0.2) is 23.1 Å². The fraction of sp³-hybridized carbons (Fsp3) is 0.632. The number of nitrogens with one attached hydrogen (secondary N) is 2. The van der Waals surface area contributed by atoms with Crippen LogP contribution in [0.2, 0.25) is 0 Å². The molecular weight excluding hydrogens is 386 g/mol. The molecule has 27 heavy (non-hydrogen) atoms. The number of hydrogen-bond acceptors (Lipinski definition) is 4. The third-order valence-electron chi connectivity index (χ3n) is 5.53. The summed E-state index contributed by atoms with van der Waals surface area (Å²) in [6.07, 6.45) is 3.63. The van der Waals surface area contributed by atoms with E-state index < -0.39 is 10.0 Å². The van der Waals surface area contributed by atoms with E-state index in [9.17, 15) is 13.2 Å². The zero-order valence-electron chi connectivity index (χ0n) is 16.0. The van der Waals surface area contributed by atoms with Gasteiger partial charge in [-0.15, -0.1) is 12.4 Å². The third kappa shape index (κ3) is 5.02. The summed E-state index contributed by atoms with van der Waals surface area (Å²) in [5.41, 5.74) is 1.80. The van der Waals surface area contributed by atoms with E-state index in [-0.39, 0.29) is 23.2 Å². The van der Waals surface area contributed by atoms with E-state index in [0.717, 1.165) is 30.8 Å². The first-order valence-corrected chi connectivity index (χ1v) is 11.0. The highest BCUT2D eigenvalue weighted by Gasteiger charge is 2.29. The lowest BCUT2D eigenvalue weighted by atomic mass is 9.85. The quantitative estimate of drug-likeness (QED) is 0.747. The zero-order chi connectivity index (χ0) is 18.7. The summed E-state index contributed by atoms with van der Waals surface area (Å²) >= 11 is 0. The number of fused-ring (bicyclic) bond motifs is 1. The normalized spacial score (nSPS) is 20.7. The van der Waals surface area contributed by atoms with Gasteiger partial charge in [-0.25, -0.2) is 13.1 Å². The number of anilines is 1. The Balaban J connectivity index is 0.00000261. The summed E-state index contributed by atoms with van der Waals surface area (Å²) in [6.45, 7) is 6.93. The van der Waals surface area contributed by atoms with E-state index >= 15 is 0 Å². The third-order valence-corrected chi connectivity index (χ3v) is 7.08.